The minimum absolute atomic E-state index is 0.698. The van der Waals surface area contributed by atoms with Gasteiger partial charge in [-0.25, -0.2) is 0 Å². The number of ether oxygens (including phenoxy) is 1. The summed E-state index contributed by atoms with van der Waals surface area (Å²) in [6.45, 7) is 2.65. The van der Waals surface area contributed by atoms with Crippen LogP contribution in [0.5, 0.6) is 5.75 Å². The lowest BCUT2D eigenvalue weighted by molar-refractivity contribution is 0.340. The molecule has 0 aliphatic rings. The highest BCUT2D eigenvalue weighted by Crippen LogP contribution is 2.05. The van der Waals surface area contributed by atoms with Crippen molar-refractivity contribution in [2.75, 3.05) is 6.61 Å². The van der Waals surface area contributed by atoms with E-state index in [9.17, 15) is 0 Å². The minimum Gasteiger partial charge on any atom is -0.494 e. The summed E-state index contributed by atoms with van der Waals surface area (Å²) < 4.78 is 5.21. The van der Waals surface area contributed by atoms with Crippen molar-refractivity contribution in [2.24, 2.45) is 0 Å². The summed E-state index contributed by atoms with van der Waals surface area (Å²) in [4.78, 5) is 0. The second kappa shape index (κ2) is 3.30. The molecule has 0 saturated heterocycles. The summed E-state index contributed by atoms with van der Waals surface area (Å²) in [5.41, 5.74) is 0.767. The van der Waals surface area contributed by atoms with Crippen LogP contribution in [0.3, 0.4) is 0 Å². The predicted octanol–water partition coefficient (Wildman–Crippen LogP) is 0.879. The lowest BCUT2D eigenvalue weighted by Crippen LogP contribution is -2.00. The lowest BCUT2D eigenvalue weighted by atomic mass is 9.97. The Hall–Kier alpha value is -0.915. The Morgan fingerprint density at radius 1 is 1.30 bits per heavy atom. The quantitative estimate of drug-likeness (QED) is 0.542. The van der Waals surface area contributed by atoms with Gasteiger partial charge in [-0.15, -0.1) is 0 Å². The fourth-order valence-electron chi connectivity index (χ4n) is 0.731. The first-order valence-corrected chi connectivity index (χ1v) is 3.31. The van der Waals surface area contributed by atoms with Crippen LogP contribution in [0.4, 0.5) is 0 Å². The average Bonchev–Trinajstić information content (AvgIpc) is 1.95. The van der Waals surface area contributed by atoms with Gasteiger partial charge in [0.2, 0.25) is 0 Å². The standard InChI is InChI=1S/C8H9BO/c1-2-10-8-5-3-7(9)4-6-8/h3-6H,2H2,1H3. The summed E-state index contributed by atoms with van der Waals surface area (Å²) in [5, 5.41) is 0. The van der Waals surface area contributed by atoms with Crippen molar-refractivity contribution in [2.45, 2.75) is 6.92 Å². The van der Waals surface area contributed by atoms with Crippen LogP contribution in [0.25, 0.3) is 0 Å². The first-order chi connectivity index (χ1) is 4.83. The van der Waals surface area contributed by atoms with Crippen LogP contribution in [0, 0.1) is 0 Å². The van der Waals surface area contributed by atoms with Gasteiger partial charge in [0.15, 0.2) is 0 Å². The van der Waals surface area contributed by atoms with Gasteiger partial charge in [0, 0.05) is 0 Å². The molecule has 0 aliphatic heterocycles. The monoisotopic (exact) mass is 132 g/mol. The first-order valence-electron chi connectivity index (χ1n) is 3.31. The van der Waals surface area contributed by atoms with Gasteiger partial charge in [-0.2, -0.15) is 0 Å². The Morgan fingerprint density at radius 2 is 1.90 bits per heavy atom. The van der Waals surface area contributed by atoms with E-state index < -0.39 is 0 Å². The van der Waals surface area contributed by atoms with Crippen LogP contribution in [-0.2, 0) is 0 Å². The highest BCUT2D eigenvalue weighted by molar-refractivity contribution is 6.32. The second-order valence-electron chi connectivity index (χ2n) is 2.00. The summed E-state index contributed by atoms with van der Waals surface area (Å²) in [6, 6.07) is 7.37. The van der Waals surface area contributed by atoms with E-state index in [1.54, 1.807) is 0 Å². The Kier molecular flexibility index (Phi) is 2.38. The third-order valence-corrected chi connectivity index (χ3v) is 1.19. The molecule has 0 spiro atoms. The lowest BCUT2D eigenvalue weighted by Gasteiger charge is -2.01. The number of hydrogen-bond donors (Lipinski definition) is 0. The van der Waals surface area contributed by atoms with E-state index in [-0.39, 0.29) is 0 Å². The zero-order valence-electron chi connectivity index (χ0n) is 6.00. The van der Waals surface area contributed by atoms with Gasteiger partial charge in [-0.3, -0.25) is 0 Å². The summed E-state index contributed by atoms with van der Waals surface area (Å²) in [6.07, 6.45) is 0. The van der Waals surface area contributed by atoms with Crippen LogP contribution >= 0.6 is 0 Å². The van der Waals surface area contributed by atoms with Gasteiger partial charge in [-0.1, -0.05) is 17.6 Å². The van der Waals surface area contributed by atoms with Crippen LogP contribution in [0.1, 0.15) is 6.92 Å². The molecule has 1 rings (SSSR count). The molecule has 0 bridgehead atoms. The Bertz CT molecular complexity index is 193. The van der Waals surface area contributed by atoms with Gasteiger partial charge in [0.05, 0.1) is 6.61 Å². The van der Waals surface area contributed by atoms with E-state index in [4.69, 9.17) is 12.6 Å². The molecule has 0 heterocycles. The molecule has 0 atom stereocenters. The molecule has 1 aromatic rings. The molecule has 0 aromatic heterocycles. The van der Waals surface area contributed by atoms with E-state index in [1.165, 1.54) is 0 Å². The van der Waals surface area contributed by atoms with Crippen molar-refractivity contribution < 1.29 is 4.74 Å². The van der Waals surface area contributed by atoms with Crippen LogP contribution in [-0.4, -0.2) is 14.5 Å². The topological polar surface area (TPSA) is 9.23 Å². The van der Waals surface area contributed by atoms with Crippen molar-refractivity contribution in [1.82, 2.24) is 0 Å². The second-order valence-corrected chi connectivity index (χ2v) is 2.00. The van der Waals surface area contributed by atoms with E-state index in [2.05, 4.69) is 0 Å². The van der Waals surface area contributed by atoms with E-state index in [0.717, 1.165) is 11.2 Å². The molecular weight excluding hydrogens is 123 g/mol. The smallest absolute Gasteiger partial charge is 0.119 e. The average molecular weight is 132 g/mol. The number of rotatable bonds is 2. The van der Waals surface area contributed by atoms with Gasteiger partial charge in [-0.05, 0) is 19.1 Å². The molecule has 0 aliphatic carbocycles. The zero-order chi connectivity index (χ0) is 7.40. The van der Waals surface area contributed by atoms with Crippen molar-refractivity contribution in [3.05, 3.63) is 24.3 Å². The Balaban J connectivity index is 2.69. The predicted molar refractivity (Wildman–Crippen MR) is 43.0 cm³/mol. The van der Waals surface area contributed by atoms with Crippen molar-refractivity contribution >= 4 is 13.3 Å². The summed E-state index contributed by atoms with van der Waals surface area (Å²) in [5.74, 6) is 0.872. The molecule has 0 N–H and O–H groups in total. The molecular formula is C8H9BO. The normalized spacial score (nSPS) is 9.30. The minimum atomic E-state index is 0.698. The highest BCUT2D eigenvalue weighted by Gasteiger charge is 1.87. The van der Waals surface area contributed by atoms with Crippen LogP contribution < -0.4 is 10.2 Å². The van der Waals surface area contributed by atoms with E-state index in [0.29, 0.717) is 6.61 Å². The molecule has 10 heavy (non-hydrogen) atoms. The van der Waals surface area contributed by atoms with Crippen LogP contribution in [0.2, 0.25) is 0 Å². The molecule has 0 amide bonds. The highest BCUT2D eigenvalue weighted by atomic mass is 16.5. The van der Waals surface area contributed by atoms with Crippen LogP contribution in [0.15, 0.2) is 24.3 Å². The van der Waals surface area contributed by atoms with Gasteiger partial charge in [0.25, 0.3) is 0 Å². The maximum atomic E-state index is 5.47. The van der Waals surface area contributed by atoms with Crippen molar-refractivity contribution in [3.8, 4) is 5.75 Å². The summed E-state index contributed by atoms with van der Waals surface area (Å²) >= 11 is 0. The largest absolute Gasteiger partial charge is 0.494 e. The molecule has 2 heteroatoms. The molecule has 0 fully saturated rings. The molecule has 0 unspecified atom stereocenters. The fraction of sp³-hybridized carbons (Fsp3) is 0.250. The van der Waals surface area contributed by atoms with E-state index in [1.807, 2.05) is 31.2 Å². The Labute approximate surface area is 62.4 Å². The first kappa shape index (κ1) is 7.20. The number of hydrogen-bond acceptors (Lipinski definition) is 1. The van der Waals surface area contributed by atoms with Gasteiger partial charge in [0.1, 0.15) is 13.6 Å². The maximum Gasteiger partial charge on any atom is 0.119 e. The van der Waals surface area contributed by atoms with Crippen molar-refractivity contribution in [1.29, 1.82) is 0 Å². The molecule has 2 radical (unpaired) electrons. The Morgan fingerprint density at radius 3 is 2.40 bits per heavy atom. The number of benzene rings is 1. The SMILES string of the molecule is [B]c1ccc(OCC)cc1. The van der Waals surface area contributed by atoms with Gasteiger partial charge >= 0.3 is 0 Å². The molecule has 1 nitrogen and oxygen atoms in total. The fourth-order valence-corrected chi connectivity index (χ4v) is 0.731. The third kappa shape index (κ3) is 1.80. The summed E-state index contributed by atoms with van der Waals surface area (Å²) in [7, 11) is 5.47. The molecule has 1 aromatic carbocycles. The molecule has 50 valence electrons. The molecule has 0 saturated carbocycles. The van der Waals surface area contributed by atoms with Crippen molar-refractivity contribution in [3.63, 3.8) is 0 Å². The third-order valence-electron chi connectivity index (χ3n) is 1.19. The zero-order valence-corrected chi connectivity index (χ0v) is 6.00. The van der Waals surface area contributed by atoms with E-state index >= 15 is 0 Å². The van der Waals surface area contributed by atoms with Gasteiger partial charge < -0.3 is 4.74 Å². The maximum absolute atomic E-state index is 5.47.